The summed E-state index contributed by atoms with van der Waals surface area (Å²) >= 11 is 1.41. The summed E-state index contributed by atoms with van der Waals surface area (Å²) in [5.74, 6) is -0.0279. The number of hydrogen-bond donors (Lipinski definition) is 0. The number of carbonyl (C=O) groups is 1. The van der Waals surface area contributed by atoms with Crippen LogP contribution < -0.4 is 5.56 Å². The molecule has 1 fully saturated rings. The van der Waals surface area contributed by atoms with Crippen molar-refractivity contribution in [1.82, 2.24) is 19.4 Å². The molecule has 7 heteroatoms. The molecule has 0 saturated carbocycles. The lowest BCUT2D eigenvalue weighted by molar-refractivity contribution is -0.132. The molecule has 3 heterocycles. The number of amides is 1. The Morgan fingerprint density at radius 3 is 2.67 bits per heavy atom. The van der Waals surface area contributed by atoms with Crippen LogP contribution in [-0.2, 0) is 11.3 Å². The van der Waals surface area contributed by atoms with E-state index in [2.05, 4.69) is 9.97 Å². The van der Waals surface area contributed by atoms with E-state index in [0.717, 1.165) is 43.6 Å². The molecule has 0 radical (unpaired) electrons. The molecule has 1 aliphatic rings. The Balaban J connectivity index is 1.58. The van der Waals surface area contributed by atoms with Crippen molar-refractivity contribution in [1.29, 1.82) is 0 Å². The predicted molar refractivity (Wildman–Crippen MR) is 105 cm³/mol. The fourth-order valence-electron chi connectivity index (χ4n) is 3.24. The Labute approximate surface area is 161 Å². The zero-order chi connectivity index (χ0) is 18.6. The number of rotatable bonds is 4. The summed E-state index contributed by atoms with van der Waals surface area (Å²) in [6, 6.07) is 9.83. The first-order valence-electron chi connectivity index (χ1n) is 9.06. The van der Waals surface area contributed by atoms with E-state index in [1.54, 1.807) is 0 Å². The van der Waals surface area contributed by atoms with E-state index in [0.29, 0.717) is 10.6 Å². The maximum Gasteiger partial charge on any atom is 0.264 e. The number of hydrogen-bond acceptors (Lipinski definition) is 5. The van der Waals surface area contributed by atoms with Crippen LogP contribution >= 0.6 is 11.3 Å². The molecule has 138 valence electrons. The minimum Gasteiger partial charge on any atom is -0.341 e. The minimum absolute atomic E-state index is 0.0244. The second-order valence-corrected chi connectivity index (χ2v) is 7.44. The van der Waals surface area contributed by atoms with Gasteiger partial charge in [0.05, 0.1) is 17.6 Å². The van der Waals surface area contributed by atoms with Crippen molar-refractivity contribution in [3.05, 3.63) is 58.6 Å². The molecule has 0 aliphatic carbocycles. The first-order valence-corrected chi connectivity index (χ1v) is 9.94. The van der Waals surface area contributed by atoms with Crippen molar-refractivity contribution in [3.8, 4) is 21.8 Å². The van der Waals surface area contributed by atoms with Crippen LogP contribution in [0.3, 0.4) is 0 Å². The Bertz CT molecular complexity index is 990. The monoisotopic (exact) mass is 380 g/mol. The first-order chi connectivity index (χ1) is 13.2. The standard InChI is InChI=1S/C20H20N4O2S/c25-18(23-9-5-2-6-10-23)12-24-14-21-11-16(20(24)26)19-22-17(13-27-19)15-7-3-1-4-8-15/h1,3-4,7-8,11,13-14H,2,5-6,9-10,12H2. The summed E-state index contributed by atoms with van der Waals surface area (Å²) in [6.07, 6.45) is 6.17. The predicted octanol–water partition coefficient (Wildman–Crippen LogP) is 3.05. The zero-order valence-electron chi connectivity index (χ0n) is 14.9. The van der Waals surface area contributed by atoms with E-state index < -0.39 is 0 Å². The van der Waals surface area contributed by atoms with Crippen LogP contribution in [0.15, 0.2) is 53.0 Å². The van der Waals surface area contributed by atoms with Crippen molar-refractivity contribution >= 4 is 17.2 Å². The maximum absolute atomic E-state index is 12.9. The molecule has 1 saturated heterocycles. The third-order valence-corrected chi connectivity index (χ3v) is 5.60. The van der Waals surface area contributed by atoms with Crippen LogP contribution in [0.25, 0.3) is 21.8 Å². The molecule has 6 nitrogen and oxygen atoms in total. The molecule has 1 aliphatic heterocycles. The first kappa shape index (κ1) is 17.6. The van der Waals surface area contributed by atoms with E-state index in [1.807, 2.05) is 40.6 Å². The van der Waals surface area contributed by atoms with Crippen molar-refractivity contribution in [2.45, 2.75) is 25.8 Å². The van der Waals surface area contributed by atoms with Crippen LogP contribution in [0.4, 0.5) is 0 Å². The van der Waals surface area contributed by atoms with Gasteiger partial charge in [-0.2, -0.15) is 0 Å². The van der Waals surface area contributed by atoms with Gasteiger partial charge in [-0.3, -0.25) is 14.2 Å². The summed E-state index contributed by atoms with van der Waals surface area (Å²) in [7, 11) is 0. The molecular weight excluding hydrogens is 360 g/mol. The molecule has 0 unspecified atom stereocenters. The van der Waals surface area contributed by atoms with Crippen molar-refractivity contribution < 1.29 is 4.79 Å². The fraction of sp³-hybridized carbons (Fsp3) is 0.300. The summed E-state index contributed by atoms with van der Waals surface area (Å²) in [5, 5.41) is 2.55. The van der Waals surface area contributed by atoms with Gasteiger partial charge in [0, 0.05) is 30.2 Å². The summed E-state index contributed by atoms with van der Waals surface area (Å²) in [4.78, 5) is 35.9. The molecule has 0 N–H and O–H groups in total. The van der Waals surface area contributed by atoms with Crippen LogP contribution in [0.2, 0.25) is 0 Å². The van der Waals surface area contributed by atoms with Gasteiger partial charge in [-0.25, -0.2) is 9.97 Å². The van der Waals surface area contributed by atoms with Gasteiger partial charge in [-0.1, -0.05) is 30.3 Å². The van der Waals surface area contributed by atoms with Gasteiger partial charge >= 0.3 is 0 Å². The average Bonchev–Trinajstić information content (AvgIpc) is 3.21. The van der Waals surface area contributed by atoms with E-state index in [1.165, 1.54) is 28.4 Å². The number of benzene rings is 1. The Kier molecular flexibility index (Phi) is 5.11. The quantitative estimate of drug-likeness (QED) is 0.698. The Morgan fingerprint density at radius 2 is 1.89 bits per heavy atom. The van der Waals surface area contributed by atoms with E-state index in [9.17, 15) is 9.59 Å². The van der Waals surface area contributed by atoms with E-state index in [-0.39, 0.29) is 18.0 Å². The maximum atomic E-state index is 12.9. The molecule has 4 rings (SSSR count). The molecule has 27 heavy (non-hydrogen) atoms. The largest absolute Gasteiger partial charge is 0.341 e. The van der Waals surface area contributed by atoms with E-state index >= 15 is 0 Å². The number of nitrogens with zero attached hydrogens (tertiary/aromatic N) is 4. The number of piperidine rings is 1. The van der Waals surface area contributed by atoms with Gasteiger partial charge in [-0.15, -0.1) is 11.3 Å². The van der Waals surface area contributed by atoms with Crippen LogP contribution in [-0.4, -0.2) is 38.4 Å². The second-order valence-electron chi connectivity index (χ2n) is 6.59. The average molecular weight is 380 g/mol. The summed E-state index contributed by atoms with van der Waals surface area (Å²) in [5.41, 5.74) is 2.03. The molecule has 1 amide bonds. The van der Waals surface area contributed by atoms with Gasteiger partial charge < -0.3 is 4.90 Å². The number of aromatic nitrogens is 3. The molecule has 0 spiro atoms. The van der Waals surface area contributed by atoms with Crippen LogP contribution in [0, 0.1) is 0 Å². The highest BCUT2D eigenvalue weighted by atomic mass is 32.1. The highest BCUT2D eigenvalue weighted by Crippen LogP contribution is 2.26. The molecule has 0 bridgehead atoms. The van der Waals surface area contributed by atoms with Gasteiger partial charge in [0.15, 0.2) is 0 Å². The highest BCUT2D eigenvalue weighted by Gasteiger charge is 2.19. The van der Waals surface area contributed by atoms with E-state index in [4.69, 9.17) is 0 Å². The van der Waals surface area contributed by atoms with Crippen LogP contribution in [0.1, 0.15) is 19.3 Å². The molecular formula is C20H20N4O2S. The second kappa shape index (κ2) is 7.84. The lowest BCUT2D eigenvalue weighted by atomic mass is 10.1. The Morgan fingerprint density at radius 1 is 1.11 bits per heavy atom. The lowest BCUT2D eigenvalue weighted by Gasteiger charge is -2.26. The van der Waals surface area contributed by atoms with Gasteiger partial charge in [0.1, 0.15) is 11.6 Å². The topological polar surface area (TPSA) is 68.1 Å². The van der Waals surface area contributed by atoms with Crippen molar-refractivity contribution in [3.63, 3.8) is 0 Å². The summed E-state index contributed by atoms with van der Waals surface area (Å²) in [6.45, 7) is 1.57. The van der Waals surface area contributed by atoms with Gasteiger partial charge in [0.25, 0.3) is 5.56 Å². The number of thiazole rings is 1. The smallest absolute Gasteiger partial charge is 0.264 e. The summed E-state index contributed by atoms with van der Waals surface area (Å²) < 4.78 is 1.38. The highest BCUT2D eigenvalue weighted by molar-refractivity contribution is 7.13. The SMILES string of the molecule is O=C(Cn1cncc(-c2nc(-c3ccccc3)cs2)c1=O)N1CCCCC1. The molecule has 2 aromatic heterocycles. The van der Waals surface area contributed by atoms with Gasteiger partial charge in [0.2, 0.25) is 5.91 Å². The van der Waals surface area contributed by atoms with Gasteiger partial charge in [-0.05, 0) is 19.3 Å². The molecule has 1 aromatic carbocycles. The normalized spacial score (nSPS) is 14.3. The molecule has 3 aromatic rings. The zero-order valence-corrected chi connectivity index (χ0v) is 15.7. The third-order valence-electron chi connectivity index (χ3n) is 4.72. The Hall–Kier alpha value is -2.80. The molecule has 0 atom stereocenters. The third kappa shape index (κ3) is 3.83. The van der Waals surface area contributed by atoms with Crippen molar-refractivity contribution in [2.75, 3.05) is 13.1 Å². The fourth-order valence-corrected chi connectivity index (χ4v) is 4.07. The van der Waals surface area contributed by atoms with Crippen molar-refractivity contribution in [2.24, 2.45) is 0 Å². The van der Waals surface area contributed by atoms with Crippen LogP contribution in [0.5, 0.6) is 0 Å². The number of likely N-dealkylation sites (tertiary alicyclic amines) is 1. The number of carbonyl (C=O) groups excluding carboxylic acids is 1. The lowest BCUT2D eigenvalue weighted by Crippen LogP contribution is -2.39. The minimum atomic E-state index is -0.232.